The number of benzene rings is 1. The zero-order valence-corrected chi connectivity index (χ0v) is 20.4. The molecule has 0 radical (unpaired) electrons. The molecule has 1 aliphatic carbocycles. The number of rotatable bonds is 5. The van der Waals surface area contributed by atoms with E-state index in [0.29, 0.717) is 23.1 Å². The van der Waals surface area contributed by atoms with Gasteiger partial charge in [0.25, 0.3) is 18.1 Å². The highest BCUT2D eigenvalue weighted by Crippen LogP contribution is 2.42. The number of esters is 2. The largest absolute Gasteiger partial charge is 0.460 e. The number of hydrogen-bond donors (Lipinski definition) is 1. The van der Waals surface area contributed by atoms with Gasteiger partial charge in [-0.2, -0.15) is 0 Å². The molecule has 1 saturated carbocycles. The molecule has 1 spiro atoms. The number of ether oxygens (including phenoxy) is 2. The molecule has 2 fully saturated rings. The number of Topliss-reactive ketones (excluding diaryl/α,β-unsaturated/α-hetero) is 1. The Labute approximate surface area is 200 Å². The van der Waals surface area contributed by atoms with E-state index in [4.69, 9.17) is 9.47 Å². The Hall–Kier alpha value is -2.74. The molecule has 0 bridgehead atoms. The predicted molar refractivity (Wildman–Crippen MR) is 126 cm³/mol. The molecular weight excluding hydrogens is 436 g/mol. The monoisotopic (exact) mass is 471 g/mol. The number of para-hydroxylation sites is 1. The van der Waals surface area contributed by atoms with Gasteiger partial charge in [-0.25, -0.2) is 14.1 Å². The maximum absolute atomic E-state index is 13.8. The molecule has 184 valence electrons. The normalized spacial score (nSPS) is 32.9. The lowest BCUT2D eigenvalue weighted by Gasteiger charge is -2.45. The van der Waals surface area contributed by atoms with Gasteiger partial charge in [0, 0.05) is 6.07 Å². The zero-order chi connectivity index (χ0) is 24.6. The molecule has 34 heavy (non-hydrogen) atoms. The first-order valence-corrected chi connectivity index (χ1v) is 12.4. The van der Waals surface area contributed by atoms with Crippen LogP contribution >= 0.6 is 0 Å². The van der Waals surface area contributed by atoms with E-state index in [1.54, 1.807) is 31.2 Å². The Morgan fingerprint density at radius 2 is 1.88 bits per heavy atom. The molecule has 1 saturated heterocycles. The molecule has 3 unspecified atom stereocenters. The quantitative estimate of drug-likeness (QED) is 0.403. The van der Waals surface area contributed by atoms with Gasteiger partial charge >= 0.3 is 11.9 Å². The van der Waals surface area contributed by atoms with Gasteiger partial charge in [-0.05, 0) is 43.6 Å². The summed E-state index contributed by atoms with van der Waals surface area (Å²) >= 11 is 0. The van der Waals surface area contributed by atoms with Crippen molar-refractivity contribution in [2.45, 2.75) is 71.7 Å². The van der Waals surface area contributed by atoms with Crippen molar-refractivity contribution < 1.29 is 28.7 Å². The molecule has 1 aromatic rings. The molecule has 8 nitrogen and oxygen atoms in total. The van der Waals surface area contributed by atoms with Crippen molar-refractivity contribution in [2.24, 2.45) is 17.8 Å². The summed E-state index contributed by atoms with van der Waals surface area (Å²) < 4.78 is 11.1. The van der Waals surface area contributed by atoms with Crippen molar-refractivity contribution in [1.82, 2.24) is 9.80 Å². The van der Waals surface area contributed by atoms with Crippen molar-refractivity contribution >= 4 is 29.3 Å². The average molecular weight is 472 g/mol. The minimum atomic E-state index is -1.23. The predicted octanol–water partition coefficient (Wildman–Crippen LogP) is 2.97. The van der Waals surface area contributed by atoms with E-state index in [2.05, 4.69) is 26.1 Å². The molecule has 1 N–H and O–H groups in total. The average Bonchev–Trinajstić information content (AvgIpc) is 3.14. The zero-order valence-electron chi connectivity index (χ0n) is 20.4. The van der Waals surface area contributed by atoms with E-state index in [9.17, 15) is 19.2 Å². The Kier molecular flexibility index (Phi) is 6.80. The molecule has 3 aliphatic rings. The number of nitrogens with zero attached hydrogens (tertiary/aromatic N) is 1. The van der Waals surface area contributed by atoms with Crippen LogP contribution in [0.3, 0.4) is 0 Å². The molecule has 8 heteroatoms. The highest BCUT2D eigenvalue weighted by atomic mass is 16.6. The fourth-order valence-electron chi connectivity index (χ4n) is 6.09. The number of carbonyl (C=O) groups is 4. The van der Waals surface area contributed by atoms with Crippen molar-refractivity contribution in [3.05, 3.63) is 29.8 Å². The van der Waals surface area contributed by atoms with Crippen LogP contribution in [0.1, 0.15) is 63.7 Å². The van der Waals surface area contributed by atoms with Crippen LogP contribution in [0.15, 0.2) is 24.3 Å². The number of amides is 1. The van der Waals surface area contributed by atoms with Crippen LogP contribution in [0, 0.1) is 17.8 Å². The molecule has 4 rings (SSSR count). The van der Waals surface area contributed by atoms with Crippen LogP contribution in [-0.4, -0.2) is 55.1 Å². The lowest BCUT2D eigenvalue weighted by Crippen LogP contribution is -2.74. The molecule has 2 heterocycles. The summed E-state index contributed by atoms with van der Waals surface area (Å²) in [5.74, 6) is -0.997. The van der Waals surface area contributed by atoms with Crippen LogP contribution < -0.4 is 9.80 Å². The van der Waals surface area contributed by atoms with Crippen molar-refractivity contribution in [1.29, 1.82) is 0 Å². The maximum atomic E-state index is 13.8. The summed E-state index contributed by atoms with van der Waals surface area (Å²) in [7, 11) is 0. The highest BCUT2D eigenvalue weighted by Gasteiger charge is 2.64. The van der Waals surface area contributed by atoms with Gasteiger partial charge in [0.15, 0.2) is 0 Å². The van der Waals surface area contributed by atoms with E-state index >= 15 is 0 Å². The number of nitrogens with one attached hydrogen (secondary N) is 1. The van der Waals surface area contributed by atoms with Gasteiger partial charge in [-0.3, -0.25) is 14.9 Å². The molecule has 0 aromatic heterocycles. The Morgan fingerprint density at radius 1 is 1.15 bits per heavy atom. The van der Waals surface area contributed by atoms with Crippen molar-refractivity contribution in [3.8, 4) is 0 Å². The Bertz CT molecular complexity index is 991. The molecule has 1 aromatic carbocycles. The number of carbonyl (C=O) groups excluding carboxylic acids is 4. The Balaban J connectivity index is 1.76. The topological polar surface area (TPSA) is 98.8 Å². The maximum Gasteiger partial charge on any atom is 0.388 e. The van der Waals surface area contributed by atoms with Gasteiger partial charge < -0.3 is 9.47 Å². The lowest BCUT2D eigenvalue weighted by atomic mass is 9.75. The third-order valence-electron chi connectivity index (χ3n) is 7.78. The first-order chi connectivity index (χ1) is 16.2. The summed E-state index contributed by atoms with van der Waals surface area (Å²) in [6, 6.07) is 5.61. The smallest absolute Gasteiger partial charge is 0.388 e. The number of quaternary nitrogens is 1. The second kappa shape index (κ2) is 9.49. The van der Waals surface area contributed by atoms with E-state index in [1.165, 1.54) is 0 Å². The summed E-state index contributed by atoms with van der Waals surface area (Å²) in [5.41, 5.74) is 0.830. The molecule has 6 atom stereocenters. The van der Waals surface area contributed by atoms with Gasteiger partial charge in [-0.15, -0.1) is 0 Å². The summed E-state index contributed by atoms with van der Waals surface area (Å²) in [5, 5.41) is 2.73. The van der Waals surface area contributed by atoms with Gasteiger partial charge in [0.05, 0.1) is 19.6 Å². The fraction of sp³-hybridized carbons (Fsp3) is 0.615. The van der Waals surface area contributed by atoms with Crippen LogP contribution in [0.2, 0.25) is 0 Å². The number of fused-ring (bicyclic) bond motifs is 2. The first kappa shape index (κ1) is 24.4. The van der Waals surface area contributed by atoms with Gasteiger partial charge in [-0.1, -0.05) is 39.3 Å². The third kappa shape index (κ3) is 4.02. The number of ketones is 1. The Morgan fingerprint density at radius 3 is 2.59 bits per heavy atom. The van der Waals surface area contributed by atoms with E-state index in [0.717, 1.165) is 19.3 Å². The van der Waals surface area contributed by atoms with Gasteiger partial charge in [0.2, 0.25) is 5.78 Å². The van der Waals surface area contributed by atoms with Crippen LogP contribution in [0.5, 0.6) is 0 Å². The second-order valence-electron chi connectivity index (χ2n) is 10.2. The SMILES string of the molecule is CCOC(=O)C1NC(=O)c2ccccc2[N+]12CCC(=O)C2C(=O)O[C@@H]1C[C@H](C)CC[C@H]1C(C)C. The first-order valence-electron chi connectivity index (χ1n) is 12.4. The van der Waals surface area contributed by atoms with Crippen molar-refractivity contribution in [2.75, 3.05) is 13.2 Å². The lowest BCUT2D eigenvalue weighted by molar-refractivity contribution is -0.165. The minimum absolute atomic E-state index is 0.106. The standard InChI is InChI=1S/C26H34N2O6/c1-5-33-26(32)23-27-24(30)18-8-6-7-9-19(18)28(23)13-12-20(29)22(28)25(31)34-21-14-16(4)10-11-17(21)15(2)3/h6-9,15-17,21-23H,5,10-14H2,1-4H3/p+1/t16-,17+,21-,22?,23?,28?/m1/s1. The summed E-state index contributed by atoms with van der Waals surface area (Å²) in [4.78, 5) is 52.9. The van der Waals surface area contributed by atoms with E-state index in [1.807, 2.05) is 0 Å². The molecule has 1 amide bonds. The fourth-order valence-corrected chi connectivity index (χ4v) is 6.09. The van der Waals surface area contributed by atoms with Crippen LogP contribution in [-0.2, 0) is 23.9 Å². The van der Waals surface area contributed by atoms with Gasteiger partial charge in [0.1, 0.15) is 17.4 Å². The van der Waals surface area contributed by atoms with E-state index < -0.39 is 30.1 Å². The third-order valence-corrected chi connectivity index (χ3v) is 7.78. The van der Waals surface area contributed by atoms with Crippen LogP contribution in [0.25, 0.3) is 0 Å². The second-order valence-corrected chi connectivity index (χ2v) is 10.2. The van der Waals surface area contributed by atoms with E-state index in [-0.39, 0.29) is 41.9 Å². The van der Waals surface area contributed by atoms with Crippen molar-refractivity contribution in [3.63, 3.8) is 0 Å². The molecule has 2 aliphatic heterocycles. The van der Waals surface area contributed by atoms with Crippen LogP contribution in [0.4, 0.5) is 5.69 Å². The number of hydrogen-bond acceptors (Lipinski definition) is 6. The summed E-state index contributed by atoms with van der Waals surface area (Å²) in [6.07, 6.45) is 1.44. The highest BCUT2D eigenvalue weighted by molar-refractivity contribution is 6.12. The summed E-state index contributed by atoms with van der Waals surface area (Å²) in [6.45, 7) is 8.41. The molecular formula is C26H35N2O6+. The minimum Gasteiger partial charge on any atom is -0.460 e.